The van der Waals surface area contributed by atoms with E-state index in [1.807, 2.05) is 13.8 Å². The maximum absolute atomic E-state index is 5.99. The Hall–Kier alpha value is -1.61. The summed E-state index contributed by atoms with van der Waals surface area (Å²) in [6, 6.07) is 8.84. The van der Waals surface area contributed by atoms with Gasteiger partial charge in [0.2, 0.25) is 0 Å². The average molecular weight is 286 g/mol. The van der Waals surface area contributed by atoms with Crippen molar-refractivity contribution in [1.29, 1.82) is 0 Å². The molecule has 0 aliphatic heterocycles. The molecule has 1 aromatic heterocycles. The summed E-state index contributed by atoms with van der Waals surface area (Å²) in [4.78, 5) is 0. The van der Waals surface area contributed by atoms with Gasteiger partial charge < -0.3 is 10.3 Å². The number of nitrogens with two attached hydrogens (primary N) is 1. The maximum Gasteiger partial charge on any atom is 0.137 e. The van der Waals surface area contributed by atoms with Crippen molar-refractivity contribution in [3.8, 4) is 0 Å². The molecule has 1 atom stereocenters. The second kappa shape index (κ2) is 6.02. The lowest BCUT2D eigenvalue weighted by molar-refractivity contribution is 0.392. The highest BCUT2D eigenvalue weighted by molar-refractivity contribution is 5.32. The van der Waals surface area contributed by atoms with Crippen LogP contribution in [0.25, 0.3) is 0 Å². The van der Waals surface area contributed by atoms with E-state index in [0.29, 0.717) is 12.5 Å². The molecule has 0 aliphatic rings. The Bertz CT molecular complexity index is 571. The third-order valence-corrected chi connectivity index (χ3v) is 4.16. The van der Waals surface area contributed by atoms with Crippen molar-refractivity contribution in [1.82, 2.24) is 5.16 Å². The number of rotatable bonds is 4. The van der Waals surface area contributed by atoms with Gasteiger partial charge in [-0.1, -0.05) is 50.2 Å². The first-order chi connectivity index (χ1) is 9.82. The number of hydrogen-bond donors (Lipinski definition) is 1. The molecule has 0 bridgehead atoms. The Labute approximate surface area is 127 Å². The lowest BCUT2D eigenvalue weighted by atomic mass is 9.84. The third-order valence-electron chi connectivity index (χ3n) is 4.16. The van der Waals surface area contributed by atoms with E-state index in [-0.39, 0.29) is 5.41 Å². The standard InChI is InChI=1S/C18H26N2O/c1-12-17(13(2)21-20-12)10-15(11-19)14-6-8-16(9-7-14)18(3,4)5/h6-9,15H,10-11,19H2,1-5H3. The number of hydrogen-bond acceptors (Lipinski definition) is 3. The summed E-state index contributed by atoms with van der Waals surface area (Å²) < 4.78 is 5.25. The Morgan fingerprint density at radius 3 is 2.19 bits per heavy atom. The molecule has 0 amide bonds. The van der Waals surface area contributed by atoms with Crippen LogP contribution in [0.2, 0.25) is 0 Å². The van der Waals surface area contributed by atoms with Crippen LogP contribution in [0.1, 0.15) is 54.8 Å². The molecule has 2 rings (SSSR count). The molecule has 2 aromatic rings. The molecule has 3 heteroatoms. The minimum Gasteiger partial charge on any atom is -0.361 e. The van der Waals surface area contributed by atoms with E-state index in [9.17, 15) is 0 Å². The van der Waals surface area contributed by atoms with Crippen molar-refractivity contribution < 1.29 is 4.52 Å². The summed E-state index contributed by atoms with van der Waals surface area (Å²) in [6.45, 7) is 11.3. The fourth-order valence-electron chi connectivity index (χ4n) is 2.63. The predicted molar refractivity (Wildman–Crippen MR) is 86.6 cm³/mol. The summed E-state index contributed by atoms with van der Waals surface area (Å²) in [5.74, 6) is 1.20. The zero-order valence-corrected chi connectivity index (χ0v) is 13.7. The predicted octanol–water partition coefficient (Wildman–Crippen LogP) is 3.87. The van der Waals surface area contributed by atoms with Crippen LogP contribution in [0.4, 0.5) is 0 Å². The molecule has 2 N–H and O–H groups in total. The summed E-state index contributed by atoms with van der Waals surface area (Å²) in [5, 5.41) is 4.03. The maximum atomic E-state index is 5.99. The molecular formula is C18H26N2O. The summed E-state index contributed by atoms with van der Waals surface area (Å²) in [7, 11) is 0. The van der Waals surface area contributed by atoms with Crippen molar-refractivity contribution in [3.63, 3.8) is 0 Å². The molecule has 0 spiro atoms. The van der Waals surface area contributed by atoms with Crippen molar-refractivity contribution >= 4 is 0 Å². The first kappa shape index (κ1) is 15.8. The van der Waals surface area contributed by atoms with Crippen LogP contribution >= 0.6 is 0 Å². The van der Waals surface area contributed by atoms with Crippen LogP contribution in [0.3, 0.4) is 0 Å². The van der Waals surface area contributed by atoms with Gasteiger partial charge in [-0.2, -0.15) is 0 Å². The lowest BCUT2D eigenvalue weighted by Crippen LogP contribution is -2.16. The average Bonchev–Trinajstić information content (AvgIpc) is 2.75. The van der Waals surface area contributed by atoms with E-state index in [1.54, 1.807) is 0 Å². The van der Waals surface area contributed by atoms with Gasteiger partial charge in [0.25, 0.3) is 0 Å². The smallest absolute Gasteiger partial charge is 0.137 e. The van der Waals surface area contributed by atoms with E-state index in [1.165, 1.54) is 16.7 Å². The van der Waals surface area contributed by atoms with Crippen LogP contribution < -0.4 is 5.73 Å². The molecule has 0 radical (unpaired) electrons. The molecule has 1 aromatic carbocycles. The fraction of sp³-hybridized carbons (Fsp3) is 0.500. The van der Waals surface area contributed by atoms with Gasteiger partial charge in [-0.15, -0.1) is 0 Å². The zero-order valence-electron chi connectivity index (χ0n) is 13.7. The largest absolute Gasteiger partial charge is 0.361 e. The molecule has 114 valence electrons. The van der Waals surface area contributed by atoms with Crippen LogP contribution in [0.15, 0.2) is 28.8 Å². The topological polar surface area (TPSA) is 52.0 Å². The SMILES string of the molecule is Cc1noc(C)c1CC(CN)c1ccc(C(C)(C)C)cc1. The van der Waals surface area contributed by atoms with Gasteiger partial charge >= 0.3 is 0 Å². The Kier molecular flexibility index (Phi) is 4.52. The van der Waals surface area contributed by atoms with Crippen molar-refractivity contribution in [3.05, 3.63) is 52.4 Å². The molecule has 1 unspecified atom stereocenters. The molecule has 1 heterocycles. The number of aryl methyl sites for hydroxylation is 2. The summed E-state index contributed by atoms with van der Waals surface area (Å²) in [5.41, 5.74) is 11.0. The van der Waals surface area contributed by atoms with E-state index >= 15 is 0 Å². The quantitative estimate of drug-likeness (QED) is 0.928. The van der Waals surface area contributed by atoms with Gasteiger partial charge in [-0.3, -0.25) is 0 Å². The first-order valence-electron chi connectivity index (χ1n) is 7.55. The van der Waals surface area contributed by atoms with E-state index < -0.39 is 0 Å². The van der Waals surface area contributed by atoms with Crippen LogP contribution in [-0.4, -0.2) is 11.7 Å². The van der Waals surface area contributed by atoms with Crippen molar-refractivity contribution in [2.75, 3.05) is 6.54 Å². The van der Waals surface area contributed by atoms with Crippen LogP contribution in [0.5, 0.6) is 0 Å². The van der Waals surface area contributed by atoms with Crippen molar-refractivity contribution in [2.45, 2.75) is 52.4 Å². The first-order valence-corrected chi connectivity index (χ1v) is 7.55. The van der Waals surface area contributed by atoms with E-state index in [0.717, 1.165) is 17.9 Å². The second-order valence-corrected chi connectivity index (χ2v) is 6.81. The van der Waals surface area contributed by atoms with Crippen LogP contribution in [-0.2, 0) is 11.8 Å². The minimum absolute atomic E-state index is 0.179. The molecule has 3 nitrogen and oxygen atoms in total. The fourth-order valence-corrected chi connectivity index (χ4v) is 2.63. The number of aromatic nitrogens is 1. The van der Waals surface area contributed by atoms with Gasteiger partial charge in [0.15, 0.2) is 0 Å². The Morgan fingerprint density at radius 2 is 1.76 bits per heavy atom. The molecule has 0 aliphatic carbocycles. The Balaban J connectivity index is 2.22. The van der Waals surface area contributed by atoms with Gasteiger partial charge in [-0.05, 0) is 43.4 Å². The monoisotopic (exact) mass is 286 g/mol. The second-order valence-electron chi connectivity index (χ2n) is 6.81. The van der Waals surface area contributed by atoms with Crippen LogP contribution in [0, 0.1) is 13.8 Å². The Morgan fingerprint density at radius 1 is 1.14 bits per heavy atom. The number of benzene rings is 1. The van der Waals surface area contributed by atoms with Gasteiger partial charge in [0.1, 0.15) is 5.76 Å². The van der Waals surface area contributed by atoms with Crippen molar-refractivity contribution in [2.24, 2.45) is 5.73 Å². The molecule has 0 saturated heterocycles. The van der Waals surface area contributed by atoms with E-state index in [4.69, 9.17) is 10.3 Å². The molecule has 0 fully saturated rings. The molecule has 0 saturated carbocycles. The summed E-state index contributed by atoms with van der Waals surface area (Å²) >= 11 is 0. The number of nitrogens with zero attached hydrogens (tertiary/aromatic N) is 1. The lowest BCUT2D eigenvalue weighted by Gasteiger charge is -2.21. The highest BCUT2D eigenvalue weighted by Crippen LogP contribution is 2.27. The minimum atomic E-state index is 0.179. The van der Waals surface area contributed by atoms with Gasteiger partial charge in [-0.25, -0.2) is 0 Å². The summed E-state index contributed by atoms with van der Waals surface area (Å²) in [6.07, 6.45) is 0.881. The van der Waals surface area contributed by atoms with E-state index in [2.05, 4.69) is 50.2 Å². The normalized spacial score (nSPS) is 13.4. The third kappa shape index (κ3) is 3.53. The zero-order chi connectivity index (χ0) is 15.6. The highest BCUT2D eigenvalue weighted by Gasteiger charge is 2.18. The van der Waals surface area contributed by atoms with Gasteiger partial charge in [0.05, 0.1) is 5.69 Å². The van der Waals surface area contributed by atoms with Gasteiger partial charge in [0, 0.05) is 11.5 Å². The molecule has 21 heavy (non-hydrogen) atoms. The highest BCUT2D eigenvalue weighted by atomic mass is 16.5. The molecular weight excluding hydrogens is 260 g/mol.